The van der Waals surface area contributed by atoms with Crippen LogP contribution in [0.4, 0.5) is 5.69 Å². The maximum absolute atomic E-state index is 5.88. The summed E-state index contributed by atoms with van der Waals surface area (Å²) in [5, 5.41) is 4.73. The number of aromatic nitrogens is 3. The number of rotatable bonds is 3. The summed E-state index contributed by atoms with van der Waals surface area (Å²) in [5.74, 6) is 1.16. The van der Waals surface area contributed by atoms with Crippen LogP contribution >= 0.6 is 23.2 Å². The van der Waals surface area contributed by atoms with Crippen molar-refractivity contribution in [2.75, 3.05) is 5.73 Å². The Morgan fingerprint density at radius 2 is 2.06 bits per heavy atom. The van der Waals surface area contributed by atoms with Crippen molar-refractivity contribution in [1.82, 2.24) is 14.8 Å². The molecule has 0 aliphatic rings. The minimum atomic E-state index is 0.263. The number of hydrogen-bond donors (Lipinski definition) is 1. The quantitative estimate of drug-likeness (QED) is 0.871. The first-order valence-electron chi connectivity index (χ1n) is 4.78. The van der Waals surface area contributed by atoms with Gasteiger partial charge in [0.1, 0.15) is 18.7 Å². The van der Waals surface area contributed by atoms with Gasteiger partial charge in [-0.05, 0) is 6.07 Å². The van der Waals surface area contributed by atoms with E-state index >= 15 is 0 Å². The number of ether oxygens (including phenoxy) is 1. The summed E-state index contributed by atoms with van der Waals surface area (Å²) in [4.78, 5) is 4.03. The fourth-order valence-corrected chi connectivity index (χ4v) is 1.59. The normalized spacial score (nSPS) is 10.5. The average molecular weight is 273 g/mol. The van der Waals surface area contributed by atoms with E-state index in [0.717, 1.165) is 0 Å². The van der Waals surface area contributed by atoms with E-state index in [9.17, 15) is 0 Å². The van der Waals surface area contributed by atoms with Gasteiger partial charge in [-0.25, -0.2) is 4.98 Å². The lowest BCUT2D eigenvalue weighted by Gasteiger charge is -2.09. The third kappa shape index (κ3) is 2.62. The second-order valence-corrected chi connectivity index (χ2v) is 4.21. The van der Waals surface area contributed by atoms with Crippen molar-refractivity contribution in [2.45, 2.75) is 6.61 Å². The van der Waals surface area contributed by atoms with E-state index in [2.05, 4.69) is 10.1 Å². The summed E-state index contributed by atoms with van der Waals surface area (Å²) in [6.07, 6.45) is 1.46. The molecule has 17 heavy (non-hydrogen) atoms. The van der Waals surface area contributed by atoms with E-state index < -0.39 is 0 Å². The van der Waals surface area contributed by atoms with Crippen molar-refractivity contribution in [1.29, 1.82) is 0 Å². The van der Waals surface area contributed by atoms with Gasteiger partial charge in [-0.1, -0.05) is 23.2 Å². The van der Waals surface area contributed by atoms with E-state index in [0.29, 0.717) is 27.3 Å². The van der Waals surface area contributed by atoms with Gasteiger partial charge in [0.15, 0.2) is 5.82 Å². The number of nitrogens with zero attached hydrogens (tertiary/aromatic N) is 3. The summed E-state index contributed by atoms with van der Waals surface area (Å²) >= 11 is 11.7. The number of halogens is 2. The van der Waals surface area contributed by atoms with Crippen LogP contribution in [0.15, 0.2) is 18.5 Å². The van der Waals surface area contributed by atoms with E-state index in [4.69, 9.17) is 33.7 Å². The zero-order valence-electron chi connectivity index (χ0n) is 9.02. The molecule has 0 amide bonds. The number of benzene rings is 1. The van der Waals surface area contributed by atoms with Crippen LogP contribution in [0.25, 0.3) is 0 Å². The Labute approximate surface area is 108 Å². The molecule has 0 bridgehead atoms. The molecule has 0 atom stereocenters. The highest BCUT2D eigenvalue weighted by atomic mass is 35.5. The predicted molar refractivity (Wildman–Crippen MR) is 66.2 cm³/mol. The smallest absolute Gasteiger partial charge is 0.164 e. The highest BCUT2D eigenvalue weighted by Gasteiger charge is 2.08. The number of anilines is 1. The lowest BCUT2D eigenvalue weighted by Crippen LogP contribution is -2.05. The summed E-state index contributed by atoms with van der Waals surface area (Å²) in [7, 11) is 1.78. The van der Waals surface area contributed by atoms with Crippen LogP contribution in [-0.2, 0) is 13.7 Å². The van der Waals surface area contributed by atoms with Crippen molar-refractivity contribution in [3.05, 3.63) is 34.3 Å². The lowest BCUT2D eigenvalue weighted by atomic mass is 10.3. The summed E-state index contributed by atoms with van der Waals surface area (Å²) in [6, 6.07) is 3.13. The van der Waals surface area contributed by atoms with Crippen molar-refractivity contribution >= 4 is 28.9 Å². The Balaban J connectivity index is 2.14. The second kappa shape index (κ2) is 4.81. The SMILES string of the molecule is Cn1ncnc1COc1cc(Cl)c(Cl)cc1N. The molecule has 0 radical (unpaired) electrons. The first-order valence-corrected chi connectivity index (χ1v) is 5.53. The predicted octanol–water partition coefficient (Wildman–Crippen LogP) is 2.28. The van der Waals surface area contributed by atoms with Gasteiger partial charge in [0, 0.05) is 13.1 Å². The second-order valence-electron chi connectivity index (χ2n) is 3.39. The fraction of sp³-hybridized carbons (Fsp3) is 0.200. The number of nitrogens with two attached hydrogens (primary N) is 1. The molecular formula is C10H10Cl2N4O. The van der Waals surface area contributed by atoms with Crippen LogP contribution < -0.4 is 10.5 Å². The standard InChI is InChI=1S/C10H10Cl2N4O/c1-16-10(14-5-15-16)4-17-9-3-7(12)6(11)2-8(9)13/h2-3,5H,4,13H2,1H3. The van der Waals surface area contributed by atoms with Gasteiger partial charge >= 0.3 is 0 Å². The molecule has 1 aromatic heterocycles. The van der Waals surface area contributed by atoms with Crippen molar-refractivity contribution in [3.63, 3.8) is 0 Å². The minimum Gasteiger partial charge on any atom is -0.483 e. The van der Waals surface area contributed by atoms with E-state index in [1.165, 1.54) is 6.33 Å². The molecule has 0 saturated heterocycles. The van der Waals surface area contributed by atoms with Crippen LogP contribution in [0.2, 0.25) is 10.0 Å². The summed E-state index contributed by atoms with van der Waals surface area (Å²) in [5.41, 5.74) is 6.19. The van der Waals surface area contributed by atoms with Crippen LogP contribution in [-0.4, -0.2) is 14.8 Å². The monoisotopic (exact) mass is 272 g/mol. The molecule has 1 aromatic carbocycles. The summed E-state index contributed by atoms with van der Waals surface area (Å²) < 4.78 is 7.13. The third-order valence-corrected chi connectivity index (χ3v) is 2.94. The van der Waals surface area contributed by atoms with Crippen LogP contribution in [0.5, 0.6) is 5.75 Å². The first-order chi connectivity index (χ1) is 8.08. The van der Waals surface area contributed by atoms with Crippen molar-refractivity contribution < 1.29 is 4.74 Å². The van der Waals surface area contributed by atoms with Gasteiger partial charge in [-0.3, -0.25) is 4.68 Å². The number of hydrogen-bond acceptors (Lipinski definition) is 4. The maximum Gasteiger partial charge on any atom is 0.164 e. The summed E-state index contributed by atoms with van der Waals surface area (Å²) in [6.45, 7) is 0.263. The molecule has 0 fully saturated rings. The molecule has 0 aliphatic carbocycles. The average Bonchev–Trinajstić information content (AvgIpc) is 2.68. The molecule has 5 nitrogen and oxygen atoms in total. The topological polar surface area (TPSA) is 66.0 Å². The van der Waals surface area contributed by atoms with Gasteiger partial charge in [-0.2, -0.15) is 5.10 Å². The molecule has 90 valence electrons. The zero-order chi connectivity index (χ0) is 12.4. The molecular weight excluding hydrogens is 263 g/mol. The molecule has 0 spiro atoms. The first kappa shape index (κ1) is 12.0. The molecule has 1 heterocycles. The van der Waals surface area contributed by atoms with Gasteiger partial charge in [0.25, 0.3) is 0 Å². The molecule has 0 aliphatic heterocycles. The molecule has 0 unspecified atom stereocenters. The lowest BCUT2D eigenvalue weighted by molar-refractivity contribution is 0.291. The Kier molecular flexibility index (Phi) is 3.40. The Morgan fingerprint density at radius 3 is 2.71 bits per heavy atom. The molecule has 7 heteroatoms. The van der Waals surface area contributed by atoms with E-state index in [1.54, 1.807) is 23.9 Å². The van der Waals surface area contributed by atoms with Crippen molar-refractivity contribution in [3.8, 4) is 5.75 Å². The van der Waals surface area contributed by atoms with Gasteiger partial charge in [-0.15, -0.1) is 0 Å². The molecule has 2 rings (SSSR count). The van der Waals surface area contributed by atoms with Crippen LogP contribution in [0.1, 0.15) is 5.82 Å². The Hall–Kier alpha value is -1.46. The van der Waals surface area contributed by atoms with E-state index in [-0.39, 0.29) is 6.61 Å². The molecule has 2 N–H and O–H groups in total. The molecule has 0 saturated carbocycles. The number of nitrogen functional groups attached to an aromatic ring is 1. The van der Waals surface area contributed by atoms with Gasteiger partial charge in [0.2, 0.25) is 0 Å². The Morgan fingerprint density at radius 1 is 1.35 bits per heavy atom. The number of aryl methyl sites for hydroxylation is 1. The zero-order valence-corrected chi connectivity index (χ0v) is 10.5. The van der Waals surface area contributed by atoms with Crippen molar-refractivity contribution in [2.24, 2.45) is 7.05 Å². The highest BCUT2D eigenvalue weighted by Crippen LogP contribution is 2.32. The van der Waals surface area contributed by atoms with E-state index in [1.807, 2.05) is 0 Å². The van der Waals surface area contributed by atoms with Crippen LogP contribution in [0.3, 0.4) is 0 Å². The highest BCUT2D eigenvalue weighted by molar-refractivity contribution is 6.42. The Bertz CT molecular complexity index is 541. The van der Waals surface area contributed by atoms with Gasteiger partial charge in [0.05, 0.1) is 15.7 Å². The largest absolute Gasteiger partial charge is 0.483 e. The fourth-order valence-electron chi connectivity index (χ4n) is 1.26. The van der Waals surface area contributed by atoms with Gasteiger partial charge < -0.3 is 10.5 Å². The van der Waals surface area contributed by atoms with Crippen LogP contribution in [0, 0.1) is 0 Å². The maximum atomic E-state index is 5.88. The molecule has 2 aromatic rings. The third-order valence-electron chi connectivity index (χ3n) is 2.21. The minimum absolute atomic E-state index is 0.263.